The number of carbonyl (C=O) groups excluding carboxylic acids is 1. The molecule has 36 heavy (non-hydrogen) atoms. The summed E-state index contributed by atoms with van der Waals surface area (Å²) in [6.07, 6.45) is -1.25. The standard InChI is InChI=1S/C28H34N2O6/c1-21(18-34-25-12-14-26(15-13-25)36-20-27(29)32)30(28(33)16-22-8-4-2-5-9-22)17-23(31)19-35-24-10-6-3-7-11-24/h2-15,21,23,28,31,33H,16-20H2,1H3,(H2,29,32)/t21-,23+,28-/m1/s1. The van der Waals surface area contributed by atoms with Crippen molar-refractivity contribution in [2.75, 3.05) is 26.4 Å². The average molecular weight is 495 g/mol. The van der Waals surface area contributed by atoms with Gasteiger partial charge in [0, 0.05) is 19.0 Å². The normalized spacial score (nSPS) is 13.6. The van der Waals surface area contributed by atoms with E-state index in [0.29, 0.717) is 23.7 Å². The number of ether oxygens (including phenoxy) is 3. The first kappa shape index (κ1) is 27.0. The predicted molar refractivity (Wildman–Crippen MR) is 137 cm³/mol. The zero-order valence-electron chi connectivity index (χ0n) is 20.4. The van der Waals surface area contributed by atoms with Crippen molar-refractivity contribution in [1.29, 1.82) is 0 Å². The largest absolute Gasteiger partial charge is 0.492 e. The first-order valence-corrected chi connectivity index (χ1v) is 11.9. The third-order valence-electron chi connectivity index (χ3n) is 5.51. The molecule has 0 bridgehead atoms. The quantitative estimate of drug-likeness (QED) is 0.278. The lowest BCUT2D eigenvalue weighted by molar-refractivity contribution is -0.119. The van der Waals surface area contributed by atoms with Crippen LogP contribution in [0.2, 0.25) is 0 Å². The highest BCUT2D eigenvalue weighted by atomic mass is 16.5. The minimum Gasteiger partial charge on any atom is -0.492 e. The van der Waals surface area contributed by atoms with Crippen LogP contribution >= 0.6 is 0 Å². The van der Waals surface area contributed by atoms with Gasteiger partial charge in [0.05, 0.1) is 0 Å². The van der Waals surface area contributed by atoms with Gasteiger partial charge in [0.1, 0.15) is 42.8 Å². The third kappa shape index (κ3) is 9.22. The number of nitrogens with two attached hydrogens (primary N) is 1. The van der Waals surface area contributed by atoms with E-state index in [9.17, 15) is 15.0 Å². The molecule has 8 heteroatoms. The molecule has 3 aromatic carbocycles. The van der Waals surface area contributed by atoms with Crippen LogP contribution in [0.1, 0.15) is 12.5 Å². The van der Waals surface area contributed by atoms with Crippen molar-refractivity contribution < 1.29 is 29.2 Å². The Morgan fingerprint density at radius 3 is 1.94 bits per heavy atom. The molecule has 0 aliphatic carbocycles. The van der Waals surface area contributed by atoms with Crippen molar-refractivity contribution >= 4 is 5.91 Å². The molecule has 0 aliphatic heterocycles. The van der Waals surface area contributed by atoms with Crippen LogP contribution in [0.5, 0.6) is 17.2 Å². The van der Waals surface area contributed by atoms with Crippen LogP contribution in [0.4, 0.5) is 0 Å². The van der Waals surface area contributed by atoms with Crippen LogP contribution < -0.4 is 19.9 Å². The van der Waals surface area contributed by atoms with E-state index in [1.54, 1.807) is 24.3 Å². The van der Waals surface area contributed by atoms with E-state index in [2.05, 4.69) is 0 Å². The second-order valence-corrected chi connectivity index (χ2v) is 8.53. The minimum absolute atomic E-state index is 0.0961. The first-order chi connectivity index (χ1) is 17.4. The lowest BCUT2D eigenvalue weighted by Crippen LogP contribution is -2.50. The molecular formula is C28H34N2O6. The van der Waals surface area contributed by atoms with Crippen molar-refractivity contribution in [2.24, 2.45) is 5.73 Å². The second kappa shape index (κ2) is 14.1. The molecule has 0 unspecified atom stereocenters. The van der Waals surface area contributed by atoms with Gasteiger partial charge in [-0.3, -0.25) is 9.69 Å². The molecule has 0 spiro atoms. The summed E-state index contributed by atoms with van der Waals surface area (Å²) in [6.45, 7) is 2.31. The van der Waals surface area contributed by atoms with E-state index in [1.807, 2.05) is 72.5 Å². The smallest absolute Gasteiger partial charge is 0.255 e. The third-order valence-corrected chi connectivity index (χ3v) is 5.51. The highest BCUT2D eigenvalue weighted by Crippen LogP contribution is 2.19. The Balaban J connectivity index is 1.60. The molecule has 0 fully saturated rings. The summed E-state index contributed by atoms with van der Waals surface area (Å²) >= 11 is 0. The van der Waals surface area contributed by atoms with Crippen LogP contribution in [0.15, 0.2) is 84.9 Å². The Labute approximate surface area is 211 Å². The highest BCUT2D eigenvalue weighted by molar-refractivity contribution is 5.75. The van der Waals surface area contributed by atoms with E-state index in [-0.39, 0.29) is 32.4 Å². The molecule has 1 amide bonds. The number of aliphatic hydroxyl groups is 2. The molecule has 4 N–H and O–H groups in total. The monoisotopic (exact) mass is 494 g/mol. The number of rotatable bonds is 15. The summed E-state index contributed by atoms with van der Waals surface area (Å²) in [7, 11) is 0. The molecule has 0 saturated carbocycles. The SMILES string of the molecule is C[C@H](COc1ccc(OCC(N)=O)cc1)N(C[C@H](O)COc1ccccc1)[C@H](O)Cc1ccccc1. The molecule has 0 heterocycles. The van der Waals surface area contributed by atoms with E-state index in [4.69, 9.17) is 19.9 Å². The van der Waals surface area contributed by atoms with E-state index < -0.39 is 18.2 Å². The van der Waals surface area contributed by atoms with Crippen molar-refractivity contribution in [3.63, 3.8) is 0 Å². The summed E-state index contributed by atoms with van der Waals surface area (Å²) in [6, 6.07) is 25.6. The van der Waals surface area contributed by atoms with Crippen LogP contribution in [0, 0.1) is 0 Å². The Hall–Kier alpha value is -3.59. The lowest BCUT2D eigenvalue weighted by Gasteiger charge is -2.35. The van der Waals surface area contributed by atoms with Crippen molar-refractivity contribution in [2.45, 2.75) is 31.7 Å². The molecular weight excluding hydrogens is 460 g/mol. The zero-order chi connectivity index (χ0) is 25.8. The predicted octanol–water partition coefficient (Wildman–Crippen LogP) is 2.62. The number of aliphatic hydroxyl groups excluding tert-OH is 2. The van der Waals surface area contributed by atoms with Gasteiger partial charge in [0.25, 0.3) is 5.91 Å². The molecule has 3 atom stereocenters. The Kier molecular flexibility index (Phi) is 10.6. The summed E-state index contributed by atoms with van der Waals surface area (Å²) in [5, 5.41) is 21.8. The van der Waals surface area contributed by atoms with Gasteiger partial charge >= 0.3 is 0 Å². The molecule has 8 nitrogen and oxygen atoms in total. The average Bonchev–Trinajstić information content (AvgIpc) is 2.89. The number of primary amides is 1. The highest BCUT2D eigenvalue weighted by Gasteiger charge is 2.25. The van der Waals surface area contributed by atoms with Gasteiger partial charge in [-0.1, -0.05) is 48.5 Å². The summed E-state index contributed by atoms with van der Waals surface area (Å²) in [4.78, 5) is 12.7. The van der Waals surface area contributed by atoms with Crippen LogP contribution in [0.25, 0.3) is 0 Å². The van der Waals surface area contributed by atoms with Crippen molar-refractivity contribution in [1.82, 2.24) is 4.90 Å². The maximum Gasteiger partial charge on any atom is 0.255 e. The molecule has 0 saturated heterocycles. The Morgan fingerprint density at radius 2 is 1.33 bits per heavy atom. The van der Waals surface area contributed by atoms with Crippen LogP contribution in [-0.2, 0) is 11.2 Å². The Morgan fingerprint density at radius 1 is 0.806 bits per heavy atom. The number of carbonyl (C=O) groups is 1. The number of benzene rings is 3. The van der Waals surface area contributed by atoms with Gasteiger partial charge < -0.3 is 30.2 Å². The molecule has 0 aromatic heterocycles. The zero-order valence-corrected chi connectivity index (χ0v) is 20.4. The number of hydrogen-bond acceptors (Lipinski definition) is 7. The number of amides is 1. The minimum atomic E-state index is -0.832. The fourth-order valence-electron chi connectivity index (χ4n) is 3.64. The topological polar surface area (TPSA) is 114 Å². The van der Waals surface area contributed by atoms with Gasteiger partial charge in [-0.2, -0.15) is 0 Å². The van der Waals surface area contributed by atoms with Gasteiger partial charge in [0.2, 0.25) is 0 Å². The Bertz CT molecular complexity index is 1030. The number of nitrogens with zero attached hydrogens (tertiary/aromatic N) is 1. The fourth-order valence-corrected chi connectivity index (χ4v) is 3.64. The molecule has 192 valence electrons. The van der Waals surface area contributed by atoms with Gasteiger partial charge in [-0.05, 0) is 48.9 Å². The summed E-state index contributed by atoms with van der Waals surface area (Å²) < 4.78 is 16.9. The van der Waals surface area contributed by atoms with Crippen molar-refractivity contribution in [3.05, 3.63) is 90.5 Å². The molecule has 0 aliphatic rings. The number of hydrogen-bond donors (Lipinski definition) is 3. The maximum absolute atomic E-state index is 11.1. The van der Waals surface area contributed by atoms with Gasteiger partial charge in [0.15, 0.2) is 6.61 Å². The lowest BCUT2D eigenvalue weighted by atomic mass is 10.1. The molecule has 3 rings (SSSR count). The van der Waals surface area contributed by atoms with Gasteiger partial charge in [-0.15, -0.1) is 0 Å². The van der Waals surface area contributed by atoms with E-state index in [0.717, 1.165) is 5.56 Å². The van der Waals surface area contributed by atoms with Gasteiger partial charge in [-0.25, -0.2) is 0 Å². The summed E-state index contributed by atoms with van der Waals surface area (Å²) in [5.74, 6) is 1.25. The molecule has 0 radical (unpaired) electrons. The maximum atomic E-state index is 11.1. The molecule has 3 aromatic rings. The van der Waals surface area contributed by atoms with Crippen LogP contribution in [0.3, 0.4) is 0 Å². The first-order valence-electron chi connectivity index (χ1n) is 11.9. The van der Waals surface area contributed by atoms with Crippen molar-refractivity contribution in [3.8, 4) is 17.2 Å². The van der Waals surface area contributed by atoms with E-state index in [1.165, 1.54) is 0 Å². The number of para-hydroxylation sites is 1. The van der Waals surface area contributed by atoms with Crippen LogP contribution in [-0.4, -0.2) is 65.8 Å². The van der Waals surface area contributed by atoms with E-state index >= 15 is 0 Å². The summed E-state index contributed by atoms with van der Waals surface area (Å²) in [5.41, 5.74) is 6.09. The fraction of sp³-hybridized carbons (Fsp3) is 0.321. The second-order valence-electron chi connectivity index (χ2n) is 8.53.